The zero-order chi connectivity index (χ0) is 12.4. The summed E-state index contributed by atoms with van der Waals surface area (Å²) in [7, 11) is 0. The lowest BCUT2D eigenvalue weighted by atomic mass is 10.1. The third-order valence-corrected chi connectivity index (χ3v) is 4.50. The SMILES string of the molecule is Cc1ccc(C(=O)N2CCC(CCl)C2)cc1Br. The van der Waals surface area contributed by atoms with Gasteiger partial charge in [0.25, 0.3) is 5.91 Å². The molecule has 4 heteroatoms. The van der Waals surface area contributed by atoms with E-state index < -0.39 is 0 Å². The molecule has 92 valence electrons. The molecule has 0 spiro atoms. The Kier molecular flexibility index (Phi) is 4.10. The number of benzene rings is 1. The molecule has 1 atom stereocenters. The Morgan fingerprint density at radius 3 is 2.94 bits per heavy atom. The molecule has 0 N–H and O–H groups in total. The fraction of sp³-hybridized carbons (Fsp3) is 0.462. The van der Waals surface area contributed by atoms with Crippen LogP contribution in [-0.4, -0.2) is 29.8 Å². The van der Waals surface area contributed by atoms with Gasteiger partial charge in [-0.15, -0.1) is 11.6 Å². The van der Waals surface area contributed by atoms with Crippen molar-refractivity contribution in [1.82, 2.24) is 4.90 Å². The molecule has 2 rings (SSSR count). The largest absolute Gasteiger partial charge is 0.338 e. The predicted octanol–water partition coefficient (Wildman–Crippen LogP) is 3.46. The molecule has 1 fully saturated rings. The number of carbonyl (C=O) groups excluding carboxylic acids is 1. The van der Waals surface area contributed by atoms with E-state index in [2.05, 4.69) is 15.9 Å². The van der Waals surface area contributed by atoms with Gasteiger partial charge < -0.3 is 4.90 Å². The van der Waals surface area contributed by atoms with E-state index in [0.717, 1.165) is 35.1 Å². The van der Waals surface area contributed by atoms with Crippen LogP contribution in [0, 0.1) is 12.8 Å². The van der Waals surface area contributed by atoms with E-state index in [0.29, 0.717) is 11.8 Å². The molecule has 17 heavy (non-hydrogen) atoms. The first-order chi connectivity index (χ1) is 8.11. The Labute approximate surface area is 115 Å². The van der Waals surface area contributed by atoms with Crippen LogP contribution < -0.4 is 0 Å². The third-order valence-electron chi connectivity index (χ3n) is 3.21. The van der Waals surface area contributed by atoms with Crippen molar-refractivity contribution in [2.45, 2.75) is 13.3 Å². The number of hydrogen-bond donors (Lipinski definition) is 0. The van der Waals surface area contributed by atoms with Crippen LogP contribution in [0.4, 0.5) is 0 Å². The second-order valence-electron chi connectivity index (χ2n) is 4.52. The molecule has 0 bridgehead atoms. The van der Waals surface area contributed by atoms with Gasteiger partial charge in [-0.1, -0.05) is 22.0 Å². The van der Waals surface area contributed by atoms with Crippen LogP contribution in [0.25, 0.3) is 0 Å². The quantitative estimate of drug-likeness (QED) is 0.765. The molecule has 0 aromatic heterocycles. The molecule has 1 aliphatic heterocycles. The molecule has 0 aliphatic carbocycles. The van der Waals surface area contributed by atoms with E-state index in [-0.39, 0.29) is 5.91 Å². The Balaban J connectivity index is 2.12. The number of aryl methyl sites for hydroxylation is 1. The van der Waals surface area contributed by atoms with Crippen LogP contribution >= 0.6 is 27.5 Å². The molecule has 1 aromatic carbocycles. The van der Waals surface area contributed by atoms with Gasteiger partial charge in [0.2, 0.25) is 0 Å². The van der Waals surface area contributed by atoms with Crippen molar-refractivity contribution < 1.29 is 4.79 Å². The summed E-state index contributed by atoms with van der Waals surface area (Å²) >= 11 is 9.28. The maximum Gasteiger partial charge on any atom is 0.253 e. The maximum atomic E-state index is 12.2. The molecule has 1 unspecified atom stereocenters. The lowest BCUT2D eigenvalue weighted by molar-refractivity contribution is 0.0788. The minimum absolute atomic E-state index is 0.110. The summed E-state index contributed by atoms with van der Waals surface area (Å²) in [6, 6.07) is 5.74. The number of likely N-dealkylation sites (tertiary alicyclic amines) is 1. The summed E-state index contributed by atoms with van der Waals surface area (Å²) in [6.45, 7) is 3.62. The van der Waals surface area contributed by atoms with Gasteiger partial charge in [0.1, 0.15) is 0 Å². The molecule has 0 radical (unpaired) electrons. The summed E-state index contributed by atoms with van der Waals surface area (Å²) in [4.78, 5) is 14.1. The minimum atomic E-state index is 0.110. The van der Waals surface area contributed by atoms with Crippen LogP contribution in [0.3, 0.4) is 0 Å². The third kappa shape index (κ3) is 2.83. The Bertz CT molecular complexity index is 435. The van der Waals surface area contributed by atoms with E-state index in [1.807, 2.05) is 30.0 Å². The first-order valence-corrected chi connectivity index (χ1v) is 7.06. The number of halogens is 2. The van der Waals surface area contributed by atoms with Crippen molar-refractivity contribution >= 4 is 33.4 Å². The van der Waals surface area contributed by atoms with E-state index in [1.165, 1.54) is 0 Å². The van der Waals surface area contributed by atoms with Gasteiger partial charge in [-0.2, -0.15) is 0 Å². The van der Waals surface area contributed by atoms with Gasteiger partial charge in [0.15, 0.2) is 0 Å². The van der Waals surface area contributed by atoms with Crippen LogP contribution in [0.1, 0.15) is 22.3 Å². The molecule has 1 aliphatic rings. The Morgan fingerprint density at radius 2 is 2.35 bits per heavy atom. The van der Waals surface area contributed by atoms with Gasteiger partial charge in [0, 0.05) is 29.0 Å². The number of nitrogens with zero attached hydrogens (tertiary/aromatic N) is 1. The average Bonchev–Trinajstić information content (AvgIpc) is 2.80. The second kappa shape index (κ2) is 5.40. The molecular formula is C13H15BrClNO. The summed E-state index contributed by atoms with van der Waals surface area (Å²) in [5.74, 6) is 1.20. The average molecular weight is 317 g/mol. The zero-order valence-electron chi connectivity index (χ0n) is 9.75. The number of hydrogen-bond acceptors (Lipinski definition) is 1. The lowest BCUT2D eigenvalue weighted by Crippen LogP contribution is -2.28. The second-order valence-corrected chi connectivity index (χ2v) is 5.69. The molecule has 1 heterocycles. The standard InChI is InChI=1S/C13H15BrClNO/c1-9-2-3-11(6-12(9)14)13(17)16-5-4-10(7-15)8-16/h2-3,6,10H,4-5,7-8H2,1H3. The van der Waals surface area contributed by atoms with E-state index in [1.54, 1.807) is 0 Å². The number of alkyl halides is 1. The monoisotopic (exact) mass is 315 g/mol. The van der Waals surface area contributed by atoms with Crippen LogP contribution in [-0.2, 0) is 0 Å². The van der Waals surface area contributed by atoms with Crippen molar-refractivity contribution in [3.63, 3.8) is 0 Å². The summed E-state index contributed by atoms with van der Waals surface area (Å²) in [5.41, 5.74) is 1.89. The maximum absolute atomic E-state index is 12.2. The topological polar surface area (TPSA) is 20.3 Å². The van der Waals surface area contributed by atoms with Gasteiger partial charge in [0.05, 0.1) is 0 Å². The highest BCUT2D eigenvalue weighted by Crippen LogP contribution is 2.22. The van der Waals surface area contributed by atoms with Crippen molar-refractivity contribution in [3.05, 3.63) is 33.8 Å². The minimum Gasteiger partial charge on any atom is -0.338 e. The zero-order valence-corrected chi connectivity index (χ0v) is 12.1. The van der Waals surface area contributed by atoms with Crippen LogP contribution in [0.5, 0.6) is 0 Å². The van der Waals surface area contributed by atoms with Crippen LogP contribution in [0.15, 0.2) is 22.7 Å². The van der Waals surface area contributed by atoms with E-state index in [9.17, 15) is 4.79 Å². The Hall–Kier alpha value is -0.540. The Morgan fingerprint density at radius 1 is 1.59 bits per heavy atom. The first kappa shape index (κ1) is 12.9. The van der Waals surface area contributed by atoms with Gasteiger partial charge >= 0.3 is 0 Å². The smallest absolute Gasteiger partial charge is 0.253 e. The van der Waals surface area contributed by atoms with Gasteiger partial charge in [-0.25, -0.2) is 0 Å². The lowest BCUT2D eigenvalue weighted by Gasteiger charge is -2.16. The van der Waals surface area contributed by atoms with Gasteiger partial charge in [-0.05, 0) is 37.0 Å². The highest BCUT2D eigenvalue weighted by molar-refractivity contribution is 9.10. The summed E-state index contributed by atoms with van der Waals surface area (Å²) < 4.78 is 0.983. The highest BCUT2D eigenvalue weighted by atomic mass is 79.9. The molecule has 0 saturated carbocycles. The van der Waals surface area contributed by atoms with Gasteiger partial charge in [-0.3, -0.25) is 4.79 Å². The molecule has 1 aromatic rings. The molecular weight excluding hydrogens is 302 g/mol. The molecule has 2 nitrogen and oxygen atoms in total. The number of carbonyl (C=O) groups is 1. The van der Waals surface area contributed by atoms with Crippen molar-refractivity contribution in [3.8, 4) is 0 Å². The summed E-state index contributed by atoms with van der Waals surface area (Å²) in [5, 5.41) is 0. The normalized spacial score (nSPS) is 19.7. The van der Waals surface area contributed by atoms with E-state index in [4.69, 9.17) is 11.6 Å². The fourth-order valence-electron chi connectivity index (χ4n) is 2.05. The van der Waals surface area contributed by atoms with Crippen LogP contribution in [0.2, 0.25) is 0 Å². The highest BCUT2D eigenvalue weighted by Gasteiger charge is 2.26. The molecule has 1 saturated heterocycles. The summed E-state index contributed by atoms with van der Waals surface area (Å²) in [6.07, 6.45) is 1.02. The van der Waals surface area contributed by atoms with Crippen molar-refractivity contribution in [1.29, 1.82) is 0 Å². The molecule has 1 amide bonds. The first-order valence-electron chi connectivity index (χ1n) is 5.73. The number of amides is 1. The number of rotatable bonds is 2. The van der Waals surface area contributed by atoms with Crippen molar-refractivity contribution in [2.24, 2.45) is 5.92 Å². The fourth-order valence-corrected chi connectivity index (χ4v) is 2.68. The van der Waals surface area contributed by atoms with E-state index >= 15 is 0 Å². The van der Waals surface area contributed by atoms with Crippen molar-refractivity contribution in [2.75, 3.05) is 19.0 Å². The predicted molar refractivity (Wildman–Crippen MR) is 73.6 cm³/mol.